The first-order chi connectivity index (χ1) is 8.63. The van der Waals surface area contributed by atoms with Gasteiger partial charge in [-0.25, -0.2) is 0 Å². The van der Waals surface area contributed by atoms with Crippen molar-refractivity contribution >= 4 is 15.9 Å². The molecule has 2 N–H and O–H groups in total. The summed E-state index contributed by atoms with van der Waals surface area (Å²) < 4.78 is 8.58. The van der Waals surface area contributed by atoms with Gasteiger partial charge in [-0.05, 0) is 28.9 Å². The molecule has 1 heterocycles. The van der Waals surface area contributed by atoms with Crippen LogP contribution in [0.2, 0.25) is 0 Å². The van der Waals surface area contributed by atoms with Gasteiger partial charge in [0.15, 0.2) is 5.82 Å². The van der Waals surface area contributed by atoms with Crippen LogP contribution in [0, 0.1) is 6.92 Å². The summed E-state index contributed by atoms with van der Waals surface area (Å²) >= 11 is 3.46. The highest BCUT2D eigenvalue weighted by Gasteiger charge is 2.10. The molecule has 1 aromatic heterocycles. The lowest BCUT2D eigenvalue weighted by atomic mass is 10.2. The number of aryl methyl sites for hydroxylation is 1. The Bertz CT molecular complexity index is 553. The van der Waals surface area contributed by atoms with Gasteiger partial charge in [0, 0.05) is 19.2 Å². The van der Waals surface area contributed by atoms with E-state index in [0.29, 0.717) is 13.2 Å². The highest BCUT2D eigenvalue weighted by molar-refractivity contribution is 9.10. The molecule has 2 rings (SSSR count). The number of nitrogens with zero attached hydrogens (tertiary/aromatic N) is 3. The number of ether oxygens (including phenoxy) is 1. The van der Waals surface area contributed by atoms with Crippen molar-refractivity contribution in [3.05, 3.63) is 39.9 Å². The van der Waals surface area contributed by atoms with Gasteiger partial charge in [0.05, 0.1) is 4.47 Å². The lowest BCUT2D eigenvalue weighted by molar-refractivity contribution is 0.286. The number of para-hydroxylation sites is 1. The molecule has 0 aliphatic rings. The molecule has 0 aliphatic heterocycles. The third kappa shape index (κ3) is 2.54. The Morgan fingerprint density at radius 3 is 2.78 bits per heavy atom. The van der Waals surface area contributed by atoms with E-state index < -0.39 is 0 Å². The SMILES string of the molecule is Cc1nnc(COc2c(Br)cccc2CN)n1C. The first-order valence-electron chi connectivity index (χ1n) is 5.58. The van der Waals surface area contributed by atoms with Gasteiger partial charge >= 0.3 is 0 Å². The summed E-state index contributed by atoms with van der Waals surface area (Å²) in [6, 6.07) is 5.81. The average Bonchev–Trinajstić information content (AvgIpc) is 2.68. The molecule has 0 atom stereocenters. The molecule has 0 saturated carbocycles. The Morgan fingerprint density at radius 1 is 1.39 bits per heavy atom. The minimum absolute atomic E-state index is 0.368. The van der Waals surface area contributed by atoms with Crippen LogP contribution in [0.1, 0.15) is 17.2 Å². The number of rotatable bonds is 4. The molecule has 0 saturated heterocycles. The second-order valence-corrected chi connectivity index (χ2v) is 4.80. The predicted octanol–water partition coefficient (Wildman–Crippen LogP) is 1.92. The van der Waals surface area contributed by atoms with Crippen LogP contribution in [-0.2, 0) is 20.2 Å². The molecular formula is C12H15BrN4O. The van der Waals surface area contributed by atoms with Gasteiger partial charge in [-0.15, -0.1) is 10.2 Å². The van der Waals surface area contributed by atoms with Gasteiger partial charge in [0.1, 0.15) is 18.2 Å². The van der Waals surface area contributed by atoms with E-state index in [9.17, 15) is 0 Å². The molecule has 0 fully saturated rings. The Kier molecular flexibility index (Phi) is 3.98. The summed E-state index contributed by atoms with van der Waals surface area (Å²) in [4.78, 5) is 0. The number of benzene rings is 1. The van der Waals surface area contributed by atoms with Crippen molar-refractivity contribution in [3.8, 4) is 5.75 Å². The zero-order valence-electron chi connectivity index (χ0n) is 10.4. The summed E-state index contributed by atoms with van der Waals surface area (Å²) in [6.07, 6.45) is 0. The molecule has 0 spiro atoms. The van der Waals surface area contributed by atoms with Crippen LogP contribution in [0.3, 0.4) is 0 Å². The zero-order chi connectivity index (χ0) is 13.1. The normalized spacial score (nSPS) is 10.7. The van der Waals surface area contributed by atoms with Crippen molar-refractivity contribution in [2.24, 2.45) is 12.8 Å². The van der Waals surface area contributed by atoms with Gasteiger partial charge in [-0.2, -0.15) is 0 Å². The number of hydrogen-bond donors (Lipinski definition) is 1. The van der Waals surface area contributed by atoms with Crippen molar-refractivity contribution in [2.75, 3.05) is 0 Å². The van der Waals surface area contributed by atoms with Crippen LogP contribution >= 0.6 is 15.9 Å². The fourth-order valence-corrected chi connectivity index (χ4v) is 2.11. The summed E-state index contributed by atoms with van der Waals surface area (Å²) in [6.45, 7) is 2.71. The highest BCUT2D eigenvalue weighted by Crippen LogP contribution is 2.29. The second-order valence-electron chi connectivity index (χ2n) is 3.94. The summed E-state index contributed by atoms with van der Waals surface area (Å²) in [7, 11) is 1.91. The quantitative estimate of drug-likeness (QED) is 0.937. The minimum Gasteiger partial charge on any atom is -0.484 e. The molecule has 2 aromatic rings. The van der Waals surface area contributed by atoms with Crippen molar-refractivity contribution in [2.45, 2.75) is 20.1 Å². The van der Waals surface area contributed by atoms with E-state index in [1.807, 2.05) is 36.7 Å². The summed E-state index contributed by atoms with van der Waals surface area (Å²) in [5, 5.41) is 8.05. The van der Waals surface area contributed by atoms with E-state index in [2.05, 4.69) is 26.1 Å². The van der Waals surface area contributed by atoms with Crippen LogP contribution < -0.4 is 10.5 Å². The Morgan fingerprint density at radius 2 is 2.17 bits per heavy atom. The number of halogens is 1. The van der Waals surface area contributed by atoms with Gasteiger partial charge in [-0.1, -0.05) is 12.1 Å². The largest absolute Gasteiger partial charge is 0.484 e. The van der Waals surface area contributed by atoms with Crippen molar-refractivity contribution < 1.29 is 4.74 Å². The first-order valence-corrected chi connectivity index (χ1v) is 6.38. The second kappa shape index (κ2) is 5.49. The maximum atomic E-state index is 5.79. The van der Waals surface area contributed by atoms with E-state index >= 15 is 0 Å². The molecule has 5 nitrogen and oxygen atoms in total. The lowest BCUT2D eigenvalue weighted by Gasteiger charge is -2.11. The van der Waals surface area contributed by atoms with Crippen LogP contribution in [-0.4, -0.2) is 14.8 Å². The molecule has 0 unspecified atom stereocenters. The van der Waals surface area contributed by atoms with Crippen LogP contribution in [0.4, 0.5) is 0 Å². The molecule has 0 radical (unpaired) electrons. The van der Waals surface area contributed by atoms with Crippen LogP contribution in [0.15, 0.2) is 22.7 Å². The minimum atomic E-state index is 0.368. The third-order valence-electron chi connectivity index (χ3n) is 2.80. The third-order valence-corrected chi connectivity index (χ3v) is 3.42. The van der Waals surface area contributed by atoms with E-state index in [1.165, 1.54) is 0 Å². The fraction of sp³-hybridized carbons (Fsp3) is 0.333. The monoisotopic (exact) mass is 310 g/mol. The van der Waals surface area contributed by atoms with E-state index in [0.717, 1.165) is 27.4 Å². The van der Waals surface area contributed by atoms with Crippen molar-refractivity contribution in [3.63, 3.8) is 0 Å². The molecule has 96 valence electrons. The molecule has 18 heavy (non-hydrogen) atoms. The molecule has 0 bridgehead atoms. The van der Waals surface area contributed by atoms with Gasteiger partial charge in [0.25, 0.3) is 0 Å². The standard InChI is InChI=1S/C12H15BrN4O/c1-8-15-16-11(17(8)2)7-18-12-9(6-14)4-3-5-10(12)13/h3-5H,6-7,14H2,1-2H3. The Balaban J connectivity index is 2.18. The van der Waals surface area contributed by atoms with E-state index in [-0.39, 0.29) is 0 Å². The highest BCUT2D eigenvalue weighted by atomic mass is 79.9. The van der Waals surface area contributed by atoms with E-state index in [1.54, 1.807) is 0 Å². The average molecular weight is 311 g/mol. The molecule has 0 amide bonds. The number of aromatic nitrogens is 3. The smallest absolute Gasteiger partial charge is 0.170 e. The van der Waals surface area contributed by atoms with Crippen LogP contribution in [0.25, 0.3) is 0 Å². The molecular weight excluding hydrogens is 296 g/mol. The van der Waals surface area contributed by atoms with Gasteiger partial charge < -0.3 is 15.0 Å². The molecule has 0 aliphatic carbocycles. The maximum Gasteiger partial charge on any atom is 0.170 e. The Labute approximate surface area is 114 Å². The van der Waals surface area contributed by atoms with E-state index in [4.69, 9.17) is 10.5 Å². The topological polar surface area (TPSA) is 66.0 Å². The summed E-state index contributed by atoms with van der Waals surface area (Å²) in [5.41, 5.74) is 6.65. The van der Waals surface area contributed by atoms with Crippen LogP contribution in [0.5, 0.6) is 5.75 Å². The lowest BCUT2D eigenvalue weighted by Crippen LogP contribution is -2.07. The fourth-order valence-electron chi connectivity index (χ4n) is 1.59. The first kappa shape index (κ1) is 13.0. The van der Waals surface area contributed by atoms with Crippen molar-refractivity contribution in [1.29, 1.82) is 0 Å². The maximum absolute atomic E-state index is 5.79. The number of nitrogens with two attached hydrogens (primary N) is 1. The summed E-state index contributed by atoms with van der Waals surface area (Å²) in [5.74, 6) is 2.41. The Hall–Kier alpha value is -1.40. The molecule has 1 aromatic carbocycles. The van der Waals surface area contributed by atoms with Gasteiger partial charge in [0.2, 0.25) is 0 Å². The predicted molar refractivity (Wildman–Crippen MR) is 72.1 cm³/mol. The molecule has 6 heteroatoms. The van der Waals surface area contributed by atoms with Crippen molar-refractivity contribution in [1.82, 2.24) is 14.8 Å². The van der Waals surface area contributed by atoms with Gasteiger partial charge in [-0.3, -0.25) is 0 Å². The zero-order valence-corrected chi connectivity index (χ0v) is 11.9. The number of hydrogen-bond acceptors (Lipinski definition) is 4.